The van der Waals surface area contributed by atoms with Crippen LogP contribution in [0.25, 0.3) is 11.1 Å². The number of fused-ring (bicyclic) bond motifs is 3. The maximum atomic E-state index is 2.70. The summed E-state index contributed by atoms with van der Waals surface area (Å²) < 4.78 is 8.51. The molecule has 0 atom stereocenters. The standard InChI is InChI=1S/C13H9.C5H5.C3H7.2CH3.Zr/c1-3-7-12-10(5-1)9-11-6-2-4-8-13(11)12;1-2-4-5-3-1;1-3-2;;;/h1-9H;1-3H,4H2;3H,1-2H3;2*1H3;. The second-order valence-electron chi connectivity index (χ2n) is 8.70. The number of benzene rings is 2. The molecule has 0 N–H and O–H groups in total. The fourth-order valence-electron chi connectivity index (χ4n) is 5.03. The topological polar surface area (TPSA) is 0 Å². The molecule has 4 rings (SSSR count). The van der Waals surface area contributed by atoms with Gasteiger partial charge in [-0.3, -0.25) is 0 Å². The summed E-state index contributed by atoms with van der Waals surface area (Å²) in [7, 11) is 0. The van der Waals surface area contributed by atoms with E-state index in [1.165, 1.54) is 11.1 Å². The molecule has 0 aromatic heterocycles. The predicted molar refractivity (Wildman–Crippen MR) is 102 cm³/mol. The number of hydrogen-bond donors (Lipinski definition) is 0. The summed E-state index contributed by atoms with van der Waals surface area (Å²) in [6, 6.07) is 18.3. The summed E-state index contributed by atoms with van der Waals surface area (Å²) in [4.78, 5) is 0. The Kier molecular flexibility index (Phi) is 3.66. The van der Waals surface area contributed by atoms with Gasteiger partial charge in [0.1, 0.15) is 0 Å². The van der Waals surface area contributed by atoms with E-state index in [9.17, 15) is 0 Å². The van der Waals surface area contributed by atoms with Crippen LogP contribution in [0.2, 0.25) is 12.9 Å². The third-order valence-electron chi connectivity index (χ3n) is 7.28. The Morgan fingerprint density at radius 2 is 1.42 bits per heavy atom. The Morgan fingerprint density at radius 3 is 1.88 bits per heavy atom. The van der Waals surface area contributed by atoms with Crippen LogP contribution < -0.4 is 0 Å². The molecule has 0 nitrogen and oxygen atoms in total. The van der Waals surface area contributed by atoms with Crippen LogP contribution in [0.15, 0.2) is 70.0 Å². The molecule has 24 heavy (non-hydrogen) atoms. The molecular formula is C23H27Zr. The van der Waals surface area contributed by atoms with E-state index in [0.717, 1.165) is 10.0 Å². The molecule has 2 aromatic rings. The van der Waals surface area contributed by atoms with Gasteiger partial charge in [0.15, 0.2) is 0 Å². The van der Waals surface area contributed by atoms with E-state index in [1.54, 1.807) is 14.4 Å². The van der Waals surface area contributed by atoms with Crippen LogP contribution in [-0.4, -0.2) is 0 Å². The first kappa shape index (κ1) is 16.3. The molecule has 0 saturated heterocycles. The van der Waals surface area contributed by atoms with Crippen LogP contribution in [0.1, 0.15) is 35.0 Å². The van der Waals surface area contributed by atoms with Gasteiger partial charge >= 0.3 is 148 Å². The van der Waals surface area contributed by atoms with Gasteiger partial charge in [0.05, 0.1) is 0 Å². The van der Waals surface area contributed by atoms with E-state index in [2.05, 4.69) is 89.9 Å². The monoisotopic (exact) mass is 393 g/mol. The SMILES string of the molecule is C[CH](C)[Zr]([CH3])([CH3])([C]1=CC=CC1)[CH]1c2ccccc2-c2ccccc21. The minimum absolute atomic E-state index is 0.602. The summed E-state index contributed by atoms with van der Waals surface area (Å²) in [6.45, 7) is 4.96. The fourth-order valence-corrected chi connectivity index (χ4v) is 18.8. The molecule has 123 valence electrons. The molecule has 0 bridgehead atoms. The van der Waals surface area contributed by atoms with E-state index in [0.29, 0.717) is 3.63 Å². The van der Waals surface area contributed by atoms with Gasteiger partial charge in [-0.2, -0.15) is 0 Å². The zero-order valence-electron chi connectivity index (χ0n) is 15.2. The molecule has 2 aliphatic rings. The van der Waals surface area contributed by atoms with Crippen molar-refractivity contribution < 1.29 is 18.8 Å². The Hall–Kier alpha value is -1.20. The summed E-state index contributed by atoms with van der Waals surface area (Å²) in [6.07, 6.45) is 8.25. The molecule has 0 saturated carbocycles. The van der Waals surface area contributed by atoms with Gasteiger partial charge in [0.2, 0.25) is 0 Å². The van der Waals surface area contributed by atoms with Crippen molar-refractivity contribution in [2.45, 2.75) is 36.8 Å². The Labute approximate surface area is 147 Å². The maximum absolute atomic E-state index is 3.28. The zero-order valence-corrected chi connectivity index (χ0v) is 17.7. The average molecular weight is 395 g/mol. The molecule has 0 heterocycles. The van der Waals surface area contributed by atoms with Crippen molar-refractivity contribution in [2.24, 2.45) is 0 Å². The molecule has 0 radical (unpaired) electrons. The van der Waals surface area contributed by atoms with Gasteiger partial charge in [0.25, 0.3) is 0 Å². The van der Waals surface area contributed by atoms with Crippen molar-refractivity contribution in [2.75, 3.05) is 0 Å². The van der Waals surface area contributed by atoms with Crippen molar-refractivity contribution in [1.29, 1.82) is 0 Å². The van der Waals surface area contributed by atoms with Crippen molar-refractivity contribution in [1.82, 2.24) is 0 Å². The number of hydrogen-bond acceptors (Lipinski definition) is 0. The Balaban J connectivity index is 2.04. The summed E-state index contributed by atoms with van der Waals surface area (Å²) >= 11 is -3.28. The van der Waals surface area contributed by atoms with Crippen LogP contribution in [0, 0.1) is 0 Å². The average Bonchev–Trinajstić information content (AvgIpc) is 3.22. The van der Waals surface area contributed by atoms with Crippen LogP contribution in [-0.2, 0) is 18.8 Å². The Morgan fingerprint density at radius 1 is 0.875 bits per heavy atom. The third-order valence-corrected chi connectivity index (χ3v) is 27.8. The molecule has 0 spiro atoms. The van der Waals surface area contributed by atoms with Crippen LogP contribution in [0.5, 0.6) is 0 Å². The quantitative estimate of drug-likeness (QED) is 0.515. The van der Waals surface area contributed by atoms with Gasteiger partial charge in [-0.25, -0.2) is 0 Å². The summed E-state index contributed by atoms with van der Waals surface area (Å²) in [5, 5.41) is 0. The van der Waals surface area contributed by atoms with Gasteiger partial charge in [0, 0.05) is 0 Å². The van der Waals surface area contributed by atoms with Crippen molar-refractivity contribution >= 4 is 0 Å². The first-order valence-electron chi connectivity index (χ1n) is 9.18. The predicted octanol–water partition coefficient (Wildman–Crippen LogP) is 7.21. The van der Waals surface area contributed by atoms with E-state index in [1.807, 2.05) is 0 Å². The minimum atomic E-state index is -3.28. The van der Waals surface area contributed by atoms with Crippen molar-refractivity contribution in [3.05, 3.63) is 81.2 Å². The van der Waals surface area contributed by atoms with Crippen LogP contribution in [0.4, 0.5) is 0 Å². The van der Waals surface area contributed by atoms with Crippen molar-refractivity contribution in [3.63, 3.8) is 0 Å². The van der Waals surface area contributed by atoms with Crippen LogP contribution >= 0.6 is 0 Å². The molecular weight excluding hydrogens is 367 g/mol. The van der Waals surface area contributed by atoms with E-state index >= 15 is 0 Å². The second-order valence-corrected chi connectivity index (χ2v) is 27.4. The molecule has 2 aliphatic carbocycles. The molecule has 2 aromatic carbocycles. The van der Waals surface area contributed by atoms with Crippen molar-refractivity contribution in [3.8, 4) is 11.1 Å². The number of rotatable bonds is 3. The van der Waals surface area contributed by atoms with Crippen LogP contribution in [0.3, 0.4) is 0 Å². The summed E-state index contributed by atoms with van der Waals surface area (Å²) in [5.41, 5.74) is 6.09. The number of allylic oxidation sites excluding steroid dienone is 4. The molecule has 0 aliphatic heterocycles. The third kappa shape index (κ3) is 2.00. The molecule has 0 amide bonds. The molecule has 1 heteroatoms. The van der Waals surface area contributed by atoms with Gasteiger partial charge < -0.3 is 0 Å². The zero-order chi connectivity index (χ0) is 17.0. The normalized spacial score (nSPS) is 18.2. The fraction of sp³-hybridized carbons (Fsp3) is 0.304. The van der Waals surface area contributed by atoms with Gasteiger partial charge in [-0.05, 0) is 0 Å². The van der Waals surface area contributed by atoms with E-state index < -0.39 is 18.8 Å². The Bertz CT molecular complexity index is 822. The molecule has 0 fully saturated rings. The second kappa shape index (κ2) is 5.40. The first-order chi connectivity index (χ1) is 11.4. The molecule has 0 unspecified atom stereocenters. The van der Waals surface area contributed by atoms with E-state index in [-0.39, 0.29) is 0 Å². The van der Waals surface area contributed by atoms with Gasteiger partial charge in [-0.15, -0.1) is 0 Å². The van der Waals surface area contributed by atoms with Gasteiger partial charge in [-0.1, -0.05) is 0 Å². The first-order valence-corrected chi connectivity index (χ1v) is 18.2. The van der Waals surface area contributed by atoms with E-state index in [4.69, 9.17) is 0 Å². The summed E-state index contributed by atoms with van der Waals surface area (Å²) in [5.74, 6) is 0.